The predicted octanol–water partition coefficient (Wildman–Crippen LogP) is 2.64. The molecule has 6 heteroatoms. The molecule has 3 saturated carbocycles. The van der Waals surface area contributed by atoms with E-state index < -0.39 is 34.8 Å². The Morgan fingerprint density at radius 3 is 2.64 bits per heavy atom. The van der Waals surface area contributed by atoms with E-state index in [0.717, 1.165) is 19.1 Å². The minimum absolute atomic E-state index is 0.0905. The number of aldehydes is 1. The molecule has 0 amide bonds. The second kappa shape index (κ2) is 6.01. The second-order valence-corrected chi connectivity index (χ2v) is 9.85. The summed E-state index contributed by atoms with van der Waals surface area (Å²) in [7, 11) is 0. The summed E-state index contributed by atoms with van der Waals surface area (Å²) >= 11 is 0. The molecule has 6 nitrogen and oxygen atoms in total. The average molecular weight is 388 g/mol. The molecule has 4 aliphatic rings. The lowest BCUT2D eigenvalue weighted by atomic mass is 9.44. The molecule has 0 radical (unpaired) electrons. The highest BCUT2D eigenvalue weighted by molar-refractivity contribution is 6.15. The molecule has 0 unspecified atom stereocenters. The third-order valence-electron chi connectivity index (χ3n) is 8.01. The van der Waals surface area contributed by atoms with Crippen molar-refractivity contribution >= 4 is 24.0 Å². The molecular formula is C22H28O6. The maximum atomic E-state index is 13.3. The van der Waals surface area contributed by atoms with Crippen molar-refractivity contribution in [3.8, 4) is 0 Å². The van der Waals surface area contributed by atoms with Gasteiger partial charge in [-0.2, -0.15) is 0 Å². The summed E-state index contributed by atoms with van der Waals surface area (Å²) in [5.74, 6) is -2.40. The van der Waals surface area contributed by atoms with E-state index in [1.54, 1.807) is 0 Å². The van der Waals surface area contributed by atoms with Crippen LogP contribution >= 0.6 is 0 Å². The molecule has 1 aliphatic heterocycles. The minimum Gasteiger partial charge on any atom is -0.464 e. The number of cyclic esters (lactones) is 1. The Morgan fingerprint density at radius 2 is 2.00 bits per heavy atom. The van der Waals surface area contributed by atoms with Crippen molar-refractivity contribution in [2.75, 3.05) is 6.61 Å². The highest BCUT2D eigenvalue weighted by Crippen LogP contribution is 2.68. The van der Waals surface area contributed by atoms with Crippen molar-refractivity contribution < 1.29 is 28.7 Å². The second-order valence-electron chi connectivity index (χ2n) is 9.85. The summed E-state index contributed by atoms with van der Waals surface area (Å²) in [6.07, 6.45) is 3.61. The molecule has 0 aromatic heterocycles. The van der Waals surface area contributed by atoms with Gasteiger partial charge in [-0.3, -0.25) is 14.4 Å². The Balaban J connectivity index is 1.93. The van der Waals surface area contributed by atoms with Crippen LogP contribution in [0.15, 0.2) is 12.2 Å². The van der Waals surface area contributed by atoms with Crippen LogP contribution in [0.4, 0.5) is 0 Å². The first-order chi connectivity index (χ1) is 13.1. The molecule has 0 aromatic rings. The summed E-state index contributed by atoms with van der Waals surface area (Å²) in [5.41, 5.74) is -1.96. The van der Waals surface area contributed by atoms with Gasteiger partial charge in [0.2, 0.25) is 0 Å². The molecule has 2 bridgehead atoms. The van der Waals surface area contributed by atoms with Crippen LogP contribution in [0.25, 0.3) is 0 Å². The van der Waals surface area contributed by atoms with E-state index in [9.17, 15) is 19.2 Å². The highest BCUT2D eigenvalue weighted by atomic mass is 16.6. The van der Waals surface area contributed by atoms with E-state index in [2.05, 4.69) is 20.4 Å². The number of hydrogen-bond acceptors (Lipinski definition) is 6. The number of Topliss-reactive ketones (excluding diaryl/α,β-unsaturated/α-hetero) is 1. The minimum atomic E-state index is -1.38. The van der Waals surface area contributed by atoms with Gasteiger partial charge >= 0.3 is 11.9 Å². The van der Waals surface area contributed by atoms with E-state index in [-0.39, 0.29) is 29.6 Å². The predicted molar refractivity (Wildman–Crippen MR) is 98.9 cm³/mol. The van der Waals surface area contributed by atoms with Crippen LogP contribution in [0.3, 0.4) is 0 Å². The Hall–Kier alpha value is -1.98. The maximum absolute atomic E-state index is 13.3. The third-order valence-corrected chi connectivity index (χ3v) is 8.01. The zero-order valence-electron chi connectivity index (χ0n) is 16.8. The molecule has 4 rings (SSSR count). The fourth-order valence-corrected chi connectivity index (χ4v) is 7.01. The smallest absolute Gasteiger partial charge is 0.320 e. The van der Waals surface area contributed by atoms with Crippen molar-refractivity contribution in [3.63, 3.8) is 0 Å². The van der Waals surface area contributed by atoms with Crippen LogP contribution in [-0.4, -0.2) is 36.7 Å². The van der Waals surface area contributed by atoms with Crippen molar-refractivity contribution in [2.24, 2.45) is 34.0 Å². The lowest BCUT2D eigenvalue weighted by molar-refractivity contribution is -0.230. The fraction of sp³-hybridized carbons (Fsp3) is 0.727. The molecule has 0 N–H and O–H groups in total. The van der Waals surface area contributed by atoms with E-state index in [1.165, 1.54) is 6.92 Å². The van der Waals surface area contributed by atoms with E-state index in [4.69, 9.17) is 9.47 Å². The molecule has 3 aliphatic carbocycles. The van der Waals surface area contributed by atoms with Gasteiger partial charge in [-0.25, -0.2) is 0 Å². The largest absolute Gasteiger partial charge is 0.464 e. The summed E-state index contributed by atoms with van der Waals surface area (Å²) < 4.78 is 11.4. The number of hydrogen-bond donors (Lipinski definition) is 0. The first-order valence-corrected chi connectivity index (χ1v) is 10.1. The molecule has 6 atom stereocenters. The van der Waals surface area contributed by atoms with Crippen LogP contribution in [-0.2, 0) is 28.7 Å². The Kier molecular flexibility index (Phi) is 4.15. The fourth-order valence-electron chi connectivity index (χ4n) is 7.01. The van der Waals surface area contributed by atoms with Gasteiger partial charge in [-0.15, -0.1) is 0 Å². The number of fused-ring (bicyclic) bond motifs is 2. The van der Waals surface area contributed by atoms with Gasteiger partial charge in [-0.1, -0.05) is 26.8 Å². The van der Waals surface area contributed by atoms with Crippen LogP contribution in [0.2, 0.25) is 0 Å². The van der Waals surface area contributed by atoms with Crippen molar-refractivity contribution in [2.45, 2.75) is 59.0 Å². The number of carbonyl (C=O) groups is 4. The number of ether oxygens (including phenoxy) is 2. The monoisotopic (exact) mass is 388 g/mol. The molecule has 0 aromatic carbocycles. The SMILES string of the molecule is C=C1C(=O)[C@]23C[C@H]1C[C@@H](OC(C)=O)[C@H]2[C@@]1(CCCC(C)(C)[C@H]1C=O)COC3=O. The van der Waals surface area contributed by atoms with E-state index >= 15 is 0 Å². The zero-order valence-corrected chi connectivity index (χ0v) is 16.8. The molecule has 1 heterocycles. The molecule has 2 spiro atoms. The first kappa shape index (κ1) is 19.3. The molecule has 4 fully saturated rings. The zero-order chi connectivity index (χ0) is 20.5. The van der Waals surface area contributed by atoms with E-state index in [1.807, 2.05) is 0 Å². The van der Waals surface area contributed by atoms with Crippen molar-refractivity contribution in [3.05, 3.63) is 12.2 Å². The number of allylic oxidation sites excluding steroid dienone is 1. The van der Waals surface area contributed by atoms with Crippen LogP contribution in [0, 0.1) is 34.0 Å². The van der Waals surface area contributed by atoms with Crippen LogP contribution < -0.4 is 0 Å². The lowest BCUT2D eigenvalue weighted by Crippen LogP contribution is -2.67. The molecule has 152 valence electrons. The quantitative estimate of drug-likeness (QED) is 0.313. The van der Waals surface area contributed by atoms with Crippen LogP contribution in [0.5, 0.6) is 0 Å². The van der Waals surface area contributed by atoms with Gasteiger partial charge in [0.25, 0.3) is 0 Å². The number of esters is 2. The van der Waals surface area contributed by atoms with Gasteiger partial charge in [-0.05, 0) is 42.6 Å². The van der Waals surface area contributed by atoms with Gasteiger partial charge in [0.15, 0.2) is 5.78 Å². The Bertz CT molecular complexity index is 782. The Morgan fingerprint density at radius 1 is 1.29 bits per heavy atom. The summed E-state index contributed by atoms with van der Waals surface area (Å²) in [5, 5.41) is 0. The Labute approximate surface area is 165 Å². The number of rotatable bonds is 2. The van der Waals surface area contributed by atoms with Gasteiger partial charge in [0, 0.05) is 24.2 Å². The first-order valence-electron chi connectivity index (χ1n) is 10.1. The molecular weight excluding hydrogens is 360 g/mol. The maximum Gasteiger partial charge on any atom is 0.320 e. The van der Waals surface area contributed by atoms with E-state index in [0.29, 0.717) is 24.8 Å². The normalized spacial score (nSPS) is 44.0. The standard InChI is InChI=1S/C22H28O6/c1-12-14-8-15(28-13(2)24)17-21(7-5-6-20(3,4)16(21)10-23)11-27-19(26)22(17,9-14)18(12)25/h10,14-17H,1,5-9,11H2,2-4H3/t14-,15-,16-,17+,21+,22+/m1/s1. The lowest BCUT2D eigenvalue weighted by Gasteiger charge is -2.61. The van der Waals surface area contributed by atoms with Crippen molar-refractivity contribution in [1.29, 1.82) is 0 Å². The number of carbonyl (C=O) groups excluding carboxylic acids is 4. The van der Waals surface area contributed by atoms with Gasteiger partial charge in [0.05, 0.1) is 6.61 Å². The van der Waals surface area contributed by atoms with Crippen LogP contribution in [0.1, 0.15) is 52.9 Å². The topological polar surface area (TPSA) is 86.7 Å². The van der Waals surface area contributed by atoms with Gasteiger partial charge < -0.3 is 14.3 Å². The highest BCUT2D eigenvalue weighted by Gasteiger charge is 2.74. The third kappa shape index (κ3) is 2.26. The van der Waals surface area contributed by atoms with Gasteiger partial charge in [0.1, 0.15) is 17.8 Å². The average Bonchev–Trinajstić information content (AvgIpc) is 2.80. The summed E-state index contributed by atoms with van der Waals surface area (Å²) in [6.45, 7) is 9.49. The molecule has 1 saturated heterocycles. The summed E-state index contributed by atoms with van der Waals surface area (Å²) in [6, 6.07) is 0. The summed E-state index contributed by atoms with van der Waals surface area (Å²) in [4.78, 5) is 50.6. The molecule has 28 heavy (non-hydrogen) atoms. The van der Waals surface area contributed by atoms with Crippen molar-refractivity contribution in [1.82, 2.24) is 0 Å². The number of ketones is 1.